The van der Waals surface area contributed by atoms with Crippen LogP contribution in [0.3, 0.4) is 0 Å². The lowest BCUT2D eigenvalue weighted by Gasteiger charge is -2.24. The summed E-state index contributed by atoms with van der Waals surface area (Å²) in [6.45, 7) is 4.84. The zero-order valence-corrected chi connectivity index (χ0v) is 28.7. The van der Waals surface area contributed by atoms with Crippen molar-refractivity contribution in [3.63, 3.8) is 0 Å². The van der Waals surface area contributed by atoms with Crippen molar-refractivity contribution in [3.05, 3.63) is 181 Å². The maximum atomic E-state index is 2.49. The van der Waals surface area contributed by atoms with Crippen molar-refractivity contribution >= 4 is 64.6 Å². The molecule has 0 spiro atoms. The first-order valence-electron chi connectivity index (χ1n) is 18.0. The second kappa shape index (κ2) is 10.4. The Bertz CT molecular complexity index is 3040. The standard InChI is InChI=1S/C51H34/c1-51(2)46-30-34-28-33(27-26-32(34)29-45(46)49-39-19-7-5-17-36(39)37-18-6-12-24-44(37)50(49)51)47-40-20-8-10-22-42(40)48(43-23-11-9-21-41(43)47)38-25-13-15-31-14-3-4-16-35(31)38/h3-30H,1-2H3. The highest BCUT2D eigenvalue weighted by molar-refractivity contribution is 6.24. The number of fused-ring (bicyclic) bond motifs is 12. The summed E-state index contributed by atoms with van der Waals surface area (Å²) < 4.78 is 0. The van der Waals surface area contributed by atoms with Gasteiger partial charge in [0.25, 0.3) is 0 Å². The third-order valence-electron chi connectivity index (χ3n) is 11.8. The van der Waals surface area contributed by atoms with Crippen molar-refractivity contribution in [2.24, 2.45) is 0 Å². The van der Waals surface area contributed by atoms with E-state index in [0.717, 1.165) is 0 Å². The molecule has 0 aromatic heterocycles. The minimum absolute atomic E-state index is 0.141. The molecule has 238 valence electrons. The van der Waals surface area contributed by atoms with Gasteiger partial charge < -0.3 is 0 Å². The SMILES string of the molecule is CC1(C)c2cc3cc(-c4c5ccccc5c(-c5cccc6ccccc56)c5ccccc45)ccc3cc2-c2c1c1ccccc1c1ccccc21. The van der Waals surface area contributed by atoms with Gasteiger partial charge in [0.05, 0.1) is 0 Å². The molecule has 0 radical (unpaired) electrons. The molecular formula is C51H34. The van der Waals surface area contributed by atoms with Gasteiger partial charge in [0.15, 0.2) is 0 Å². The van der Waals surface area contributed by atoms with Gasteiger partial charge in [-0.25, -0.2) is 0 Å². The highest BCUT2D eigenvalue weighted by Crippen LogP contribution is 2.55. The summed E-state index contributed by atoms with van der Waals surface area (Å²) >= 11 is 0. The molecule has 10 aromatic rings. The second-order valence-electron chi connectivity index (χ2n) is 14.8. The summed E-state index contributed by atoms with van der Waals surface area (Å²) in [6, 6.07) is 63.5. The Morgan fingerprint density at radius 3 is 1.49 bits per heavy atom. The maximum Gasteiger partial charge on any atom is 0.0165 e. The fourth-order valence-corrected chi connectivity index (χ4v) is 9.56. The van der Waals surface area contributed by atoms with E-state index in [1.165, 1.54) is 109 Å². The Labute approximate surface area is 297 Å². The van der Waals surface area contributed by atoms with E-state index in [0.29, 0.717) is 0 Å². The van der Waals surface area contributed by atoms with Gasteiger partial charge in [0.2, 0.25) is 0 Å². The average Bonchev–Trinajstić information content (AvgIpc) is 3.41. The van der Waals surface area contributed by atoms with E-state index in [1.807, 2.05) is 0 Å². The van der Waals surface area contributed by atoms with Crippen LogP contribution in [0, 0.1) is 0 Å². The molecule has 0 amide bonds. The average molecular weight is 647 g/mol. The topological polar surface area (TPSA) is 0 Å². The summed E-state index contributed by atoms with van der Waals surface area (Å²) in [5.41, 5.74) is 10.6. The van der Waals surface area contributed by atoms with E-state index in [-0.39, 0.29) is 5.41 Å². The molecule has 1 aliphatic carbocycles. The van der Waals surface area contributed by atoms with E-state index in [4.69, 9.17) is 0 Å². The fourth-order valence-electron chi connectivity index (χ4n) is 9.56. The summed E-state index contributed by atoms with van der Waals surface area (Å²) in [6.07, 6.45) is 0. The van der Waals surface area contributed by atoms with Crippen molar-refractivity contribution in [3.8, 4) is 33.4 Å². The summed E-state index contributed by atoms with van der Waals surface area (Å²) in [5.74, 6) is 0. The molecule has 0 aliphatic heterocycles. The van der Waals surface area contributed by atoms with Gasteiger partial charge in [-0.1, -0.05) is 166 Å². The largest absolute Gasteiger partial charge is 0.0616 e. The molecule has 0 saturated heterocycles. The van der Waals surface area contributed by atoms with Crippen molar-refractivity contribution < 1.29 is 0 Å². The highest BCUT2D eigenvalue weighted by Gasteiger charge is 2.38. The molecule has 51 heavy (non-hydrogen) atoms. The summed E-state index contributed by atoms with van der Waals surface area (Å²) in [5, 5.41) is 15.6. The van der Waals surface area contributed by atoms with Gasteiger partial charge in [0, 0.05) is 5.41 Å². The van der Waals surface area contributed by atoms with Crippen LogP contribution in [0.5, 0.6) is 0 Å². The summed E-state index contributed by atoms with van der Waals surface area (Å²) in [4.78, 5) is 0. The van der Waals surface area contributed by atoms with Gasteiger partial charge in [-0.2, -0.15) is 0 Å². The van der Waals surface area contributed by atoms with Crippen LogP contribution in [0.2, 0.25) is 0 Å². The van der Waals surface area contributed by atoms with E-state index in [2.05, 4.69) is 184 Å². The van der Waals surface area contributed by atoms with Crippen molar-refractivity contribution in [1.29, 1.82) is 0 Å². The van der Waals surface area contributed by atoms with Crippen LogP contribution in [-0.4, -0.2) is 0 Å². The molecule has 0 heterocycles. The Balaban J connectivity index is 1.18. The maximum absolute atomic E-state index is 2.49. The van der Waals surface area contributed by atoms with Gasteiger partial charge in [-0.05, 0) is 127 Å². The number of benzene rings is 10. The minimum Gasteiger partial charge on any atom is -0.0616 e. The first-order chi connectivity index (χ1) is 25.1. The molecule has 10 aromatic carbocycles. The van der Waals surface area contributed by atoms with Crippen molar-refractivity contribution in [1.82, 2.24) is 0 Å². The molecule has 1 aliphatic rings. The molecule has 0 atom stereocenters. The molecule has 0 fully saturated rings. The van der Waals surface area contributed by atoms with Crippen LogP contribution < -0.4 is 0 Å². The Morgan fingerprint density at radius 1 is 0.314 bits per heavy atom. The van der Waals surface area contributed by atoms with Crippen LogP contribution in [0.4, 0.5) is 0 Å². The third kappa shape index (κ3) is 3.91. The van der Waals surface area contributed by atoms with Crippen molar-refractivity contribution in [2.75, 3.05) is 0 Å². The van der Waals surface area contributed by atoms with Gasteiger partial charge >= 0.3 is 0 Å². The van der Waals surface area contributed by atoms with Gasteiger partial charge in [-0.15, -0.1) is 0 Å². The second-order valence-corrected chi connectivity index (χ2v) is 14.8. The molecule has 0 bridgehead atoms. The lowest BCUT2D eigenvalue weighted by Crippen LogP contribution is -2.15. The molecule has 0 saturated carbocycles. The molecule has 0 nitrogen and oxygen atoms in total. The van der Waals surface area contributed by atoms with E-state index < -0.39 is 0 Å². The van der Waals surface area contributed by atoms with E-state index in [9.17, 15) is 0 Å². The Hall–Kier alpha value is -6.24. The zero-order chi connectivity index (χ0) is 33.8. The predicted molar refractivity (Wildman–Crippen MR) is 220 cm³/mol. The lowest BCUT2D eigenvalue weighted by molar-refractivity contribution is 0.667. The van der Waals surface area contributed by atoms with Crippen LogP contribution >= 0.6 is 0 Å². The molecule has 0 heteroatoms. The van der Waals surface area contributed by atoms with Gasteiger partial charge in [0.1, 0.15) is 0 Å². The van der Waals surface area contributed by atoms with E-state index >= 15 is 0 Å². The molecule has 11 rings (SSSR count). The third-order valence-corrected chi connectivity index (χ3v) is 11.8. The normalized spacial score (nSPS) is 13.5. The number of hydrogen-bond donors (Lipinski definition) is 0. The first-order valence-corrected chi connectivity index (χ1v) is 18.0. The first kappa shape index (κ1) is 28.6. The Kier molecular flexibility index (Phi) is 5.82. The van der Waals surface area contributed by atoms with Crippen LogP contribution in [0.15, 0.2) is 170 Å². The fraction of sp³-hybridized carbons (Fsp3) is 0.0588. The van der Waals surface area contributed by atoms with Crippen LogP contribution in [-0.2, 0) is 5.41 Å². The smallest absolute Gasteiger partial charge is 0.0165 e. The summed E-state index contributed by atoms with van der Waals surface area (Å²) in [7, 11) is 0. The number of rotatable bonds is 2. The zero-order valence-electron chi connectivity index (χ0n) is 28.7. The van der Waals surface area contributed by atoms with E-state index in [1.54, 1.807) is 0 Å². The van der Waals surface area contributed by atoms with Crippen LogP contribution in [0.1, 0.15) is 25.0 Å². The quantitative estimate of drug-likeness (QED) is 0.129. The molecular weight excluding hydrogens is 613 g/mol. The predicted octanol–water partition coefficient (Wildman–Crippen LogP) is 14.2. The lowest BCUT2D eigenvalue weighted by atomic mass is 9.79. The number of hydrogen-bond acceptors (Lipinski definition) is 0. The Morgan fingerprint density at radius 2 is 0.824 bits per heavy atom. The van der Waals surface area contributed by atoms with Crippen molar-refractivity contribution in [2.45, 2.75) is 19.3 Å². The molecule has 0 N–H and O–H groups in total. The monoisotopic (exact) mass is 646 g/mol. The molecule has 0 unspecified atom stereocenters. The minimum atomic E-state index is -0.141. The van der Waals surface area contributed by atoms with Gasteiger partial charge in [-0.3, -0.25) is 0 Å². The van der Waals surface area contributed by atoms with Crippen LogP contribution in [0.25, 0.3) is 98.0 Å². The highest BCUT2D eigenvalue weighted by atomic mass is 14.4.